The quantitative estimate of drug-likeness (QED) is 0.525. The summed E-state index contributed by atoms with van der Waals surface area (Å²) in [6, 6.07) is 6.36. The lowest BCUT2D eigenvalue weighted by Gasteiger charge is -2.00. The van der Waals surface area contributed by atoms with E-state index in [1.807, 2.05) is 0 Å². The van der Waals surface area contributed by atoms with E-state index in [2.05, 4.69) is 4.99 Å². The van der Waals surface area contributed by atoms with Gasteiger partial charge in [-0.3, -0.25) is 0 Å². The molecular formula is C11H13N3O2. The Morgan fingerprint density at radius 3 is 2.56 bits per heavy atom. The van der Waals surface area contributed by atoms with Gasteiger partial charge in [0, 0.05) is 5.70 Å². The van der Waals surface area contributed by atoms with Gasteiger partial charge in [0.05, 0.1) is 11.3 Å². The number of allylic oxidation sites excluding steroid dienone is 1. The van der Waals surface area contributed by atoms with Crippen LogP contribution in [0.1, 0.15) is 17.3 Å². The molecule has 5 heteroatoms. The van der Waals surface area contributed by atoms with Crippen molar-refractivity contribution in [1.29, 1.82) is 0 Å². The first-order valence-corrected chi connectivity index (χ1v) is 4.61. The lowest BCUT2D eigenvalue weighted by Crippen LogP contribution is -2.10. The highest BCUT2D eigenvalue weighted by Gasteiger charge is 2.07. The molecule has 0 aliphatic heterocycles. The molecule has 0 saturated heterocycles. The van der Waals surface area contributed by atoms with Gasteiger partial charge in [-0.15, -0.1) is 0 Å². The van der Waals surface area contributed by atoms with Crippen molar-refractivity contribution in [2.75, 3.05) is 0 Å². The van der Waals surface area contributed by atoms with E-state index in [9.17, 15) is 4.79 Å². The van der Waals surface area contributed by atoms with Gasteiger partial charge in [-0.05, 0) is 25.1 Å². The van der Waals surface area contributed by atoms with Crippen LogP contribution in [0.15, 0.2) is 41.0 Å². The molecule has 1 aromatic rings. The van der Waals surface area contributed by atoms with Gasteiger partial charge in [-0.1, -0.05) is 12.1 Å². The van der Waals surface area contributed by atoms with Crippen molar-refractivity contribution in [3.8, 4) is 0 Å². The largest absolute Gasteiger partial charge is 0.478 e. The Kier molecular flexibility index (Phi) is 3.66. The molecule has 0 spiro atoms. The number of amidine groups is 1. The number of rotatable bonds is 3. The molecule has 0 heterocycles. The van der Waals surface area contributed by atoms with Gasteiger partial charge in [0.2, 0.25) is 0 Å². The fourth-order valence-corrected chi connectivity index (χ4v) is 1.16. The van der Waals surface area contributed by atoms with Gasteiger partial charge < -0.3 is 16.6 Å². The number of para-hydroxylation sites is 1. The van der Waals surface area contributed by atoms with Crippen LogP contribution in [-0.2, 0) is 0 Å². The van der Waals surface area contributed by atoms with Crippen LogP contribution < -0.4 is 11.5 Å². The summed E-state index contributed by atoms with van der Waals surface area (Å²) in [7, 11) is 0. The van der Waals surface area contributed by atoms with E-state index < -0.39 is 5.97 Å². The van der Waals surface area contributed by atoms with Gasteiger partial charge in [-0.2, -0.15) is 0 Å². The van der Waals surface area contributed by atoms with Crippen molar-refractivity contribution in [1.82, 2.24) is 0 Å². The monoisotopic (exact) mass is 219 g/mol. The molecule has 16 heavy (non-hydrogen) atoms. The minimum absolute atomic E-state index is 0.105. The summed E-state index contributed by atoms with van der Waals surface area (Å²) in [5.41, 5.74) is 11.9. The second kappa shape index (κ2) is 4.97. The highest BCUT2D eigenvalue weighted by molar-refractivity contribution is 5.98. The lowest BCUT2D eigenvalue weighted by molar-refractivity contribution is 0.0698. The van der Waals surface area contributed by atoms with Gasteiger partial charge in [-0.25, -0.2) is 9.79 Å². The van der Waals surface area contributed by atoms with Crippen LogP contribution in [0, 0.1) is 0 Å². The Labute approximate surface area is 93.1 Å². The molecule has 0 bridgehead atoms. The first-order chi connectivity index (χ1) is 7.50. The van der Waals surface area contributed by atoms with Gasteiger partial charge in [0.1, 0.15) is 5.84 Å². The molecule has 5 nitrogen and oxygen atoms in total. The van der Waals surface area contributed by atoms with Crippen LogP contribution >= 0.6 is 0 Å². The molecule has 84 valence electrons. The number of carboxylic acids is 1. The van der Waals surface area contributed by atoms with Crippen LogP contribution in [0.25, 0.3) is 0 Å². The van der Waals surface area contributed by atoms with Crippen LogP contribution in [0.2, 0.25) is 0 Å². The molecule has 5 N–H and O–H groups in total. The Balaban J connectivity index is 3.15. The third kappa shape index (κ3) is 3.13. The SMILES string of the molecule is CC(N)=CC(N)=Nc1ccccc1C(=O)O. The lowest BCUT2D eigenvalue weighted by atomic mass is 10.2. The summed E-state index contributed by atoms with van der Waals surface area (Å²) in [6.45, 7) is 1.67. The normalized spacial score (nSPS) is 12.6. The summed E-state index contributed by atoms with van der Waals surface area (Å²) in [5.74, 6) is -0.866. The number of hydrogen-bond donors (Lipinski definition) is 3. The minimum Gasteiger partial charge on any atom is -0.478 e. The second-order valence-electron chi connectivity index (χ2n) is 3.25. The average molecular weight is 219 g/mol. The maximum atomic E-state index is 10.9. The van der Waals surface area contributed by atoms with Crippen LogP contribution in [0.5, 0.6) is 0 Å². The Morgan fingerprint density at radius 2 is 2.00 bits per heavy atom. The molecule has 1 rings (SSSR count). The van der Waals surface area contributed by atoms with Crippen molar-refractivity contribution in [3.63, 3.8) is 0 Å². The van der Waals surface area contributed by atoms with E-state index in [4.69, 9.17) is 16.6 Å². The Morgan fingerprint density at radius 1 is 1.38 bits per heavy atom. The second-order valence-corrected chi connectivity index (χ2v) is 3.25. The van der Waals surface area contributed by atoms with Crippen molar-refractivity contribution in [2.24, 2.45) is 16.5 Å². The molecule has 0 unspecified atom stereocenters. The number of benzene rings is 1. The summed E-state index contributed by atoms with van der Waals surface area (Å²) in [5, 5.41) is 8.91. The number of carboxylic acid groups (broad SMARTS) is 1. The van der Waals surface area contributed by atoms with E-state index in [1.54, 1.807) is 25.1 Å². The fraction of sp³-hybridized carbons (Fsp3) is 0.0909. The number of hydrogen-bond acceptors (Lipinski definition) is 3. The first-order valence-electron chi connectivity index (χ1n) is 4.61. The van der Waals surface area contributed by atoms with Gasteiger partial charge in [0.15, 0.2) is 0 Å². The van der Waals surface area contributed by atoms with Crippen LogP contribution in [-0.4, -0.2) is 16.9 Å². The molecule has 0 atom stereocenters. The average Bonchev–Trinajstić information content (AvgIpc) is 2.16. The molecule has 0 aliphatic carbocycles. The highest BCUT2D eigenvalue weighted by atomic mass is 16.4. The summed E-state index contributed by atoms with van der Waals surface area (Å²) in [4.78, 5) is 14.9. The summed E-state index contributed by atoms with van der Waals surface area (Å²) >= 11 is 0. The van der Waals surface area contributed by atoms with Crippen LogP contribution in [0.4, 0.5) is 5.69 Å². The number of nitrogens with zero attached hydrogens (tertiary/aromatic N) is 1. The van der Waals surface area contributed by atoms with E-state index >= 15 is 0 Å². The number of carbonyl (C=O) groups is 1. The Bertz CT molecular complexity index is 460. The smallest absolute Gasteiger partial charge is 0.337 e. The van der Waals surface area contributed by atoms with E-state index in [-0.39, 0.29) is 11.4 Å². The third-order valence-electron chi connectivity index (χ3n) is 1.76. The molecule has 1 aromatic carbocycles. The maximum Gasteiger partial charge on any atom is 0.337 e. The minimum atomic E-state index is -1.04. The fourth-order valence-electron chi connectivity index (χ4n) is 1.16. The zero-order chi connectivity index (χ0) is 12.1. The molecule has 0 aromatic heterocycles. The van der Waals surface area contributed by atoms with E-state index in [0.29, 0.717) is 11.4 Å². The molecule has 0 saturated carbocycles. The third-order valence-corrected chi connectivity index (χ3v) is 1.76. The molecule has 0 aliphatic rings. The van der Waals surface area contributed by atoms with Gasteiger partial charge >= 0.3 is 5.97 Å². The molecule has 0 radical (unpaired) electrons. The van der Waals surface area contributed by atoms with Crippen LogP contribution in [0.3, 0.4) is 0 Å². The topological polar surface area (TPSA) is 102 Å². The number of nitrogens with two attached hydrogens (primary N) is 2. The van der Waals surface area contributed by atoms with Crippen molar-refractivity contribution < 1.29 is 9.90 Å². The van der Waals surface area contributed by atoms with E-state index in [0.717, 1.165) is 0 Å². The predicted octanol–water partition coefficient (Wildman–Crippen LogP) is 1.24. The molecule has 0 amide bonds. The predicted molar refractivity (Wildman–Crippen MR) is 62.6 cm³/mol. The highest BCUT2D eigenvalue weighted by Crippen LogP contribution is 2.18. The zero-order valence-electron chi connectivity index (χ0n) is 8.84. The summed E-state index contributed by atoms with van der Waals surface area (Å²) < 4.78 is 0. The van der Waals surface area contributed by atoms with Crippen molar-refractivity contribution >= 4 is 17.5 Å². The van der Waals surface area contributed by atoms with E-state index in [1.165, 1.54) is 12.1 Å². The standard InChI is InChI=1S/C11H13N3O2/c1-7(12)6-10(13)14-9-5-3-2-4-8(9)11(15)16/h2-6H,12H2,1H3,(H2,13,14)(H,15,16). The maximum absolute atomic E-state index is 10.9. The van der Waals surface area contributed by atoms with Crippen molar-refractivity contribution in [3.05, 3.63) is 41.6 Å². The molecular weight excluding hydrogens is 206 g/mol. The number of aromatic carboxylic acids is 1. The Hall–Kier alpha value is -2.30. The summed E-state index contributed by atoms with van der Waals surface area (Å²) in [6.07, 6.45) is 1.47. The van der Waals surface area contributed by atoms with Crippen molar-refractivity contribution in [2.45, 2.75) is 6.92 Å². The zero-order valence-corrected chi connectivity index (χ0v) is 8.84. The number of aliphatic imine (C=N–C) groups is 1. The van der Waals surface area contributed by atoms with Gasteiger partial charge in [0.25, 0.3) is 0 Å². The molecule has 0 fully saturated rings. The first kappa shape index (κ1) is 11.8.